The lowest BCUT2D eigenvalue weighted by Gasteiger charge is -2.10. The molecule has 0 radical (unpaired) electrons. The molecule has 0 atom stereocenters. The Hall–Kier alpha value is -1.09. The summed E-state index contributed by atoms with van der Waals surface area (Å²) in [7, 11) is 0. The van der Waals surface area contributed by atoms with Gasteiger partial charge in [-0.15, -0.1) is 0 Å². The molecule has 1 aliphatic carbocycles. The number of halogens is 1. The van der Waals surface area contributed by atoms with Gasteiger partial charge in [0.2, 0.25) is 0 Å². The number of H-pyrrole nitrogens is 1. The molecule has 0 saturated heterocycles. The second-order valence-electron chi connectivity index (χ2n) is 4.52. The largest absolute Gasteiger partial charge is 0.330 e. The zero-order valence-corrected chi connectivity index (χ0v) is 10.0. The third-order valence-corrected chi connectivity index (χ3v) is 3.54. The van der Waals surface area contributed by atoms with Gasteiger partial charge in [0.15, 0.2) is 0 Å². The number of aromatic nitrogens is 3. The Kier molecular flexibility index (Phi) is 2.36. The molecular weight excluding hydrogens is 222 g/mol. The van der Waals surface area contributed by atoms with Crippen molar-refractivity contribution in [1.29, 1.82) is 0 Å². The van der Waals surface area contributed by atoms with Crippen molar-refractivity contribution in [3.05, 3.63) is 22.7 Å². The molecule has 0 unspecified atom stereocenters. The molecule has 2 aromatic heterocycles. The fraction of sp³-hybridized carbons (Fsp3) is 0.500. The van der Waals surface area contributed by atoms with E-state index in [9.17, 15) is 0 Å². The second-order valence-corrected chi connectivity index (χ2v) is 4.92. The van der Waals surface area contributed by atoms with Crippen LogP contribution in [0.2, 0.25) is 5.15 Å². The fourth-order valence-electron chi connectivity index (χ4n) is 2.63. The van der Waals surface area contributed by atoms with Crippen LogP contribution in [-0.2, 0) is 0 Å². The van der Waals surface area contributed by atoms with Crippen LogP contribution in [0.4, 0.5) is 0 Å². The van der Waals surface area contributed by atoms with Gasteiger partial charge >= 0.3 is 0 Å². The van der Waals surface area contributed by atoms with Crippen LogP contribution in [0.5, 0.6) is 0 Å². The summed E-state index contributed by atoms with van der Waals surface area (Å²) in [4.78, 5) is 12.1. The molecule has 3 nitrogen and oxygen atoms in total. The number of nitrogens with one attached hydrogen (secondary N) is 1. The zero-order chi connectivity index (χ0) is 11.1. The van der Waals surface area contributed by atoms with Crippen LogP contribution in [0, 0.1) is 6.92 Å². The first kappa shape index (κ1) is 10.1. The van der Waals surface area contributed by atoms with Gasteiger partial charge in [-0.2, -0.15) is 0 Å². The molecule has 2 heterocycles. The van der Waals surface area contributed by atoms with E-state index in [0.29, 0.717) is 11.1 Å². The first-order valence-corrected chi connectivity index (χ1v) is 6.14. The summed E-state index contributed by atoms with van der Waals surface area (Å²) in [6, 6.07) is 1.95. The molecule has 1 N–H and O–H groups in total. The van der Waals surface area contributed by atoms with Crippen molar-refractivity contribution < 1.29 is 0 Å². The SMILES string of the molecule is Cc1nc(C2CCCC2)c2cc(Cl)[nH]c2n1. The third kappa shape index (κ3) is 1.59. The minimum absolute atomic E-state index is 0.594. The summed E-state index contributed by atoms with van der Waals surface area (Å²) in [5, 5.41) is 1.75. The Bertz CT molecular complexity index is 526. The number of hydrogen-bond acceptors (Lipinski definition) is 2. The van der Waals surface area contributed by atoms with E-state index < -0.39 is 0 Å². The minimum atomic E-state index is 0.594. The minimum Gasteiger partial charge on any atom is -0.330 e. The molecule has 1 saturated carbocycles. The number of fused-ring (bicyclic) bond motifs is 1. The van der Waals surface area contributed by atoms with Crippen molar-refractivity contribution in [2.24, 2.45) is 0 Å². The van der Waals surface area contributed by atoms with Crippen molar-refractivity contribution >= 4 is 22.6 Å². The van der Waals surface area contributed by atoms with Crippen LogP contribution in [0.25, 0.3) is 11.0 Å². The Morgan fingerprint density at radius 2 is 2.06 bits per heavy atom. The van der Waals surface area contributed by atoms with Crippen LogP contribution < -0.4 is 0 Å². The fourth-order valence-corrected chi connectivity index (χ4v) is 2.83. The average molecular weight is 236 g/mol. The van der Waals surface area contributed by atoms with Gasteiger partial charge in [0, 0.05) is 11.3 Å². The quantitative estimate of drug-likeness (QED) is 0.821. The Morgan fingerprint density at radius 1 is 1.31 bits per heavy atom. The monoisotopic (exact) mass is 235 g/mol. The molecule has 0 aromatic carbocycles. The molecular formula is C12H14ClN3. The van der Waals surface area contributed by atoms with Gasteiger partial charge in [0.1, 0.15) is 16.6 Å². The number of aromatic amines is 1. The summed E-state index contributed by atoms with van der Waals surface area (Å²) in [6.07, 6.45) is 5.11. The zero-order valence-electron chi connectivity index (χ0n) is 9.26. The standard InChI is InChI=1S/C12H14ClN3/c1-7-14-11(8-4-2-3-5-8)9-6-10(13)16-12(9)15-7/h6,8H,2-5H2,1H3,(H,14,15,16). The Labute approximate surface area is 99.2 Å². The highest BCUT2D eigenvalue weighted by molar-refractivity contribution is 6.30. The maximum atomic E-state index is 5.99. The molecule has 3 rings (SSSR count). The van der Waals surface area contributed by atoms with E-state index in [2.05, 4.69) is 15.0 Å². The molecule has 1 aliphatic rings. The van der Waals surface area contributed by atoms with Crippen molar-refractivity contribution in [2.45, 2.75) is 38.5 Å². The van der Waals surface area contributed by atoms with E-state index in [-0.39, 0.29) is 0 Å². The summed E-state index contributed by atoms with van der Waals surface area (Å²) >= 11 is 5.99. The predicted octanol–water partition coefficient (Wildman–Crippen LogP) is 3.58. The highest BCUT2D eigenvalue weighted by Gasteiger charge is 2.22. The highest BCUT2D eigenvalue weighted by atomic mass is 35.5. The number of aryl methyl sites for hydroxylation is 1. The van der Waals surface area contributed by atoms with Gasteiger partial charge in [0.25, 0.3) is 0 Å². The van der Waals surface area contributed by atoms with E-state index >= 15 is 0 Å². The smallest absolute Gasteiger partial charge is 0.142 e. The van der Waals surface area contributed by atoms with Crippen LogP contribution in [-0.4, -0.2) is 15.0 Å². The average Bonchev–Trinajstić information content (AvgIpc) is 2.83. The topological polar surface area (TPSA) is 41.6 Å². The lowest BCUT2D eigenvalue weighted by atomic mass is 10.0. The molecule has 0 amide bonds. The summed E-state index contributed by atoms with van der Waals surface area (Å²) < 4.78 is 0. The van der Waals surface area contributed by atoms with Crippen LogP contribution in [0.1, 0.15) is 43.1 Å². The number of rotatable bonds is 1. The maximum Gasteiger partial charge on any atom is 0.142 e. The lowest BCUT2D eigenvalue weighted by molar-refractivity contribution is 0.698. The third-order valence-electron chi connectivity index (χ3n) is 3.34. The first-order chi connectivity index (χ1) is 7.74. The van der Waals surface area contributed by atoms with Crippen LogP contribution >= 0.6 is 11.6 Å². The highest BCUT2D eigenvalue weighted by Crippen LogP contribution is 2.36. The van der Waals surface area contributed by atoms with Gasteiger partial charge in [-0.3, -0.25) is 0 Å². The molecule has 84 valence electrons. The van der Waals surface area contributed by atoms with E-state index in [1.54, 1.807) is 0 Å². The van der Waals surface area contributed by atoms with Crippen molar-refractivity contribution in [3.8, 4) is 0 Å². The predicted molar refractivity (Wildman–Crippen MR) is 64.8 cm³/mol. The van der Waals surface area contributed by atoms with Crippen LogP contribution in [0.3, 0.4) is 0 Å². The van der Waals surface area contributed by atoms with Crippen molar-refractivity contribution in [3.63, 3.8) is 0 Å². The van der Waals surface area contributed by atoms with Gasteiger partial charge in [-0.1, -0.05) is 24.4 Å². The number of nitrogens with zero attached hydrogens (tertiary/aromatic N) is 2. The molecule has 4 heteroatoms. The maximum absolute atomic E-state index is 5.99. The molecule has 16 heavy (non-hydrogen) atoms. The second kappa shape index (κ2) is 3.74. The number of hydrogen-bond donors (Lipinski definition) is 1. The Morgan fingerprint density at radius 3 is 2.81 bits per heavy atom. The molecule has 0 spiro atoms. The molecule has 2 aromatic rings. The van der Waals surface area contributed by atoms with Crippen LogP contribution in [0.15, 0.2) is 6.07 Å². The first-order valence-electron chi connectivity index (χ1n) is 5.77. The van der Waals surface area contributed by atoms with E-state index in [4.69, 9.17) is 11.6 Å². The lowest BCUT2D eigenvalue weighted by Crippen LogP contribution is -2.01. The summed E-state index contributed by atoms with van der Waals surface area (Å²) in [6.45, 7) is 1.94. The molecule has 0 bridgehead atoms. The Balaban J connectivity index is 2.20. The van der Waals surface area contributed by atoms with E-state index in [1.807, 2.05) is 13.0 Å². The molecule has 1 fully saturated rings. The summed E-state index contributed by atoms with van der Waals surface area (Å²) in [5.74, 6) is 1.42. The molecule has 0 aliphatic heterocycles. The van der Waals surface area contributed by atoms with Gasteiger partial charge in [-0.25, -0.2) is 9.97 Å². The normalized spacial score (nSPS) is 17.4. The summed E-state index contributed by atoms with van der Waals surface area (Å²) in [5.41, 5.74) is 2.06. The van der Waals surface area contributed by atoms with Crippen molar-refractivity contribution in [2.75, 3.05) is 0 Å². The van der Waals surface area contributed by atoms with Gasteiger partial charge in [0.05, 0.1) is 5.69 Å². The van der Waals surface area contributed by atoms with Gasteiger partial charge in [-0.05, 0) is 25.8 Å². The van der Waals surface area contributed by atoms with E-state index in [0.717, 1.165) is 16.9 Å². The van der Waals surface area contributed by atoms with Gasteiger partial charge < -0.3 is 4.98 Å². The van der Waals surface area contributed by atoms with Crippen molar-refractivity contribution in [1.82, 2.24) is 15.0 Å². The van der Waals surface area contributed by atoms with E-state index in [1.165, 1.54) is 31.4 Å².